The maximum absolute atomic E-state index is 15.3. The number of rotatable bonds is 14. The molecule has 4 heterocycles. The van der Waals surface area contributed by atoms with Crippen molar-refractivity contribution in [1.29, 1.82) is 0 Å². The third-order valence-electron chi connectivity index (χ3n) is 11.7. The van der Waals surface area contributed by atoms with Crippen LogP contribution in [0, 0.1) is 23.7 Å². The maximum Gasteiger partial charge on any atom is 0.204 e. The van der Waals surface area contributed by atoms with Gasteiger partial charge >= 0.3 is 0 Å². The first kappa shape index (κ1) is 52.1. The molecule has 20 heteroatoms. The van der Waals surface area contributed by atoms with Crippen LogP contribution in [0.25, 0.3) is 21.8 Å². The molecule has 3 aliphatic rings. The summed E-state index contributed by atoms with van der Waals surface area (Å²) in [6.45, 7) is 7.53. The molecule has 0 spiro atoms. The van der Waals surface area contributed by atoms with Crippen LogP contribution in [0.4, 0.5) is 0 Å². The number of aliphatic imine (C=N–C) groups is 1. The highest BCUT2D eigenvalue weighted by Gasteiger charge is 2.61. The van der Waals surface area contributed by atoms with Gasteiger partial charge in [0.1, 0.15) is 34.5 Å². The van der Waals surface area contributed by atoms with Gasteiger partial charge in [0.2, 0.25) is 5.78 Å². The van der Waals surface area contributed by atoms with Crippen molar-refractivity contribution in [1.82, 2.24) is 20.6 Å². The molecule has 0 saturated carbocycles. The second-order valence-corrected chi connectivity index (χ2v) is 24.9. The Morgan fingerprint density at radius 1 is 1.22 bits per heavy atom. The summed E-state index contributed by atoms with van der Waals surface area (Å²) >= 11 is 12.3. The van der Waals surface area contributed by atoms with Crippen LogP contribution in [0.2, 0.25) is 0 Å². The number of ether oxygens (including phenoxy) is 5. The Kier molecular flexibility index (Phi) is 17.5. The monoisotopic (exact) mass is 994 g/mol. The van der Waals surface area contributed by atoms with E-state index < -0.39 is 66.6 Å². The molecule has 6 rings (SSSR count). The Labute approximate surface area is 404 Å². The average Bonchev–Trinajstić information content (AvgIpc) is 3.65. The van der Waals surface area contributed by atoms with Gasteiger partial charge < -0.3 is 60.4 Å². The smallest absolute Gasteiger partial charge is 0.204 e. The number of guanidine groups is 1. The minimum absolute atomic E-state index is 0.0231. The zero-order valence-corrected chi connectivity index (χ0v) is 41.8. The number of aromatic nitrogens is 2. The third-order valence-corrected chi connectivity index (χ3v) is 14.7. The molecule has 1 aromatic carbocycles. The highest BCUT2D eigenvalue weighted by Crippen LogP contribution is 2.46. The Balaban J connectivity index is 1.52. The van der Waals surface area contributed by atoms with Crippen LogP contribution in [0.3, 0.4) is 0 Å². The van der Waals surface area contributed by atoms with E-state index in [1.165, 1.54) is 31.5 Å². The first-order valence-electron chi connectivity index (χ1n) is 21.5. The van der Waals surface area contributed by atoms with Crippen LogP contribution in [0.5, 0.6) is 5.75 Å². The fourth-order valence-corrected chi connectivity index (χ4v) is 10.5. The lowest BCUT2D eigenvalue weighted by molar-refractivity contribution is -0.323. The van der Waals surface area contributed by atoms with Crippen molar-refractivity contribution in [3.8, 4) is 29.4 Å². The number of hydrogen-bond acceptors (Lipinski definition) is 16. The molecule has 67 heavy (non-hydrogen) atoms. The Hall–Kier alpha value is -4.26. The van der Waals surface area contributed by atoms with Crippen molar-refractivity contribution in [2.24, 2.45) is 10.7 Å². The normalized spacial score (nSPS) is 28.4. The zero-order chi connectivity index (χ0) is 48.8. The largest absolute Gasteiger partial charge is 0.508 e. The molecular weight excluding hydrogens is 937 g/mol. The van der Waals surface area contributed by atoms with Gasteiger partial charge in [-0.2, -0.15) is 0 Å². The summed E-state index contributed by atoms with van der Waals surface area (Å²) < 4.78 is 30.8. The number of phenolic OH excluding ortho intramolecular Hbond substituents is 1. The Morgan fingerprint density at radius 2 is 1.97 bits per heavy atom. The molecule has 0 bridgehead atoms. The number of Topliss-reactive ketones (excluding diaryl/α,β-unsaturated/α-hetero) is 2. The number of carbonyl (C=O) groups excluding carboxylic acids is 2. The predicted molar refractivity (Wildman–Crippen MR) is 268 cm³/mol. The second-order valence-electron chi connectivity index (χ2n) is 16.6. The number of hydrogen-bond donors (Lipinski definition) is 7. The first-order valence-corrected chi connectivity index (χ1v) is 26.8. The summed E-state index contributed by atoms with van der Waals surface area (Å²) in [7, 11) is 1.04. The number of aliphatic hydroxyl groups excluding tert-OH is 2. The van der Waals surface area contributed by atoms with E-state index in [0.29, 0.717) is 21.8 Å². The van der Waals surface area contributed by atoms with Crippen LogP contribution < -0.4 is 16.4 Å². The van der Waals surface area contributed by atoms with Crippen molar-refractivity contribution in [2.45, 2.75) is 107 Å². The predicted octanol–water partition coefficient (Wildman–Crippen LogP) is 3.05. The number of fused-ring (bicyclic) bond motifs is 3. The minimum atomic E-state index is -2.00. The molecule has 8 unspecified atom stereocenters. The first-order chi connectivity index (χ1) is 31.9. The number of aliphatic hydroxyl groups is 2. The number of pyridine rings is 1. The molecule has 16 nitrogen and oxygen atoms in total. The SMILES string of the molecule is CC#C/C=C\C#C[C@H](OC1OC(C)C(SC)(C(=O)c2nccc3c2[nH]c2ccc(O)cc23)C(O)C1OC1CC(OC)C(NC(C)C)CO1)C1=C(NC(N)=NC)C(=O)C[C@H](O)/C1=C/CS(C)(=S)=S. The van der Waals surface area contributed by atoms with Crippen LogP contribution in [0.1, 0.15) is 51.0 Å². The maximum atomic E-state index is 15.3. The molecule has 3 aromatic rings. The van der Waals surface area contributed by atoms with E-state index >= 15 is 4.79 Å². The molecule has 8 N–H and O–H groups in total. The lowest BCUT2D eigenvalue weighted by Crippen LogP contribution is -2.68. The number of methoxy groups -OCH3 is 1. The zero-order valence-electron chi connectivity index (χ0n) is 38.5. The van der Waals surface area contributed by atoms with E-state index in [-0.39, 0.29) is 77.6 Å². The van der Waals surface area contributed by atoms with E-state index in [1.807, 2.05) is 13.8 Å². The summed E-state index contributed by atoms with van der Waals surface area (Å²) in [4.78, 5) is 41.1. The number of ketones is 2. The van der Waals surface area contributed by atoms with Gasteiger partial charge in [-0.3, -0.25) is 19.6 Å². The van der Waals surface area contributed by atoms with Gasteiger partial charge in [-0.15, -0.1) is 17.7 Å². The van der Waals surface area contributed by atoms with Crippen molar-refractivity contribution >= 4 is 80.6 Å². The van der Waals surface area contributed by atoms with Crippen molar-refractivity contribution in [3.63, 3.8) is 0 Å². The molecule has 2 aromatic heterocycles. The van der Waals surface area contributed by atoms with E-state index in [4.69, 9.17) is 51.8 Å². The number of H-pyrrole nitrogens is 1. The molecular formula is C47H58N6O10S4. The minimum Gasteiger partial charge on any atom is -0.508 e. The van der Waals surface area contributed by atoms with Crippen molar-refractivity contribution < 1.29 is 48.6 Å². The Morgan fingerprint density at radius 3 is 2.64 bits per heavy atom. The van der Waals surface area contributed by atoms with E-state index in [9.17, 15) is 20.1 Å². The number of aromatic amines is 1. The number of phenols is 1. The number of allylic oxidation sites excluding steroid dienone is 3. The molecule has 360 valence electrons. The van der Waals surface area contributed by atoms with Gasteiger partial charge in [0.25, 0.3) is 0 Å². The van der Waals surface area contributed by atoms with E-state index in [0.717, 1.165) is 11.8 Å². The molecule has 2 fully saturated rings. The Bertz CT molecular complexity index is 2720. The number of nitrogens with two attached hydrogens (primary N) is 1. The summed E-state index contributed by atoms with van der Waals surface area (Å²) in [6, 6.07) is 6.51. The van der Waals surface area contributed by atoms with Crippen LogP contribution >= 0.6 is 11.8 Å². The summed E-state index contributed by atoms with van der Waals surface area (Å²) in [5.74, 6) is 10.7. The number of nitrogens with zero attached hydrogens (tertiary/aromatic N) is 2. The molecule has 10 atom stereocenters. The van der Waals surface area contributed by atoms with Gasteiger partial charge in [0.15, 0.2) is 24.3 Å². The van der Waals surface area contributed by atoms with Crippen molar-refractivity contribution in [2.75, 3.05) is 39.0 Å². The lowest BCUT2D eigenvalue weighted by atomic mass is 9.82. The van der Waals surface area contributed by atoms with Crippen LogP contribution in [0.15, 0.2) is 70.5 Å². The summed E-state index contributed by atoms with van der Waals surface area (Å²) in [6.07, 6.45) is -0.371. The fourth-order valence-electron chi connectivity index (χ4n) is 8.53. The van der Waals surface area contributed by atoms with E-state index in [2.05, 4.69) is 49.3 Å². The van der Waals surface area contributed by atoms with Crippen molar-refractivity contribution in [3.05, 3.63) is 71.2 Å². The topological polar surface area (TPSA) is 232 Å². The molecule has 0 amide bonds. The third kappa shape index (κ3) is 11.6. The average molecular weight is 995 g/mol. The second kappa shape index (κ2) is 22.4. The molecule has 2 aliphatic heterocycles. The standard InChI is InChI=1S/C47H58N6O10S4/c1-9-10-11-12-13-14-35(38-29(18-20-67(8,64)65)33(55)22-34(56)40(38)53-46(48)49-5)62-45-42(63-37-23-36(59-6)32(24-60-37)51-25(2)3)44(58)47(66-7,26(4)61-45)43(57)41-39-28(17-19-50-41)30-21-27(54)15-16-31(30)52-39/h11-12,15-19,21,25-26,32-33,35-37,42,44-45,51-52,54-55,58H,20,22-24H2,1-8H3,(H3,48,49,53)/b12-11-,29-18-/t26?,32?,33-,35-,36?,37?,42?,44?,45?,47?/m0/s1. The molecule has 1 aliphatic carbocycles. The summed E-state index contributed by atoms with van der Waals surface area (Å²) in [5, 5.41) is 42.6. The number of carbonyl (C=O) groups is 2. The highest BCUT2D eigenvalue weighted by molar-refractivity contribution is 8.56. The number of thioether (sulfide) groups is 1. The quantitative estimate of drug-likeness (QED) is 0.0533. The van der Waals surface area contributed by atoms with E-state index in [1.54, 1.807) is 57.7 Å². The van der Waals surface area contributed by atoms with Gasteiger partial charge in [0, 0.05) is 66.9 Å². The van der Waals surface area contributed by atoms with Gasteiger partial charge in [-0.1, -0.05) is 44.8 Å². The van der Waals surface area contributed by atoms with Gasteiger partial charge in [0.05, 0.1) is 42.2 Å². The lowest BCUT2D eigenvalue weighted by Gasteiger charge is -2.51. The van der Waals surface area contributed by atoms with Crippen LogP contribution in [-0.4, -0.2) is 148 Å². The molecule has 2 saturated heterocycles. The van der Waals surface area contributed by atoms with Crippen LogP contribution in [-0.2, 0) is 58.0 Å². The number of nitrogens with one attached hydrogen (secondary N) is 3. The summed E-state index contributed by atoms with van der Waals surface area (Å²) in [5.41, 5.74) is 7.57. The number of aromatic hydroxyl groups is 1. The molecule has 0 radical (unpaired) electrons. The number of benzene rings is 1. The van der Waals surface area contributed by atoms with Gasteiger partial charge in [-0.05, 0) is 90.7 Å². The fraction of sp³-hybridized carbons (Fsp3) is 0.489. The highest BCUT2D eigenvalue weighted by atomic mass is 33.1. The van der Waals surface area contributed by atoms with Gasteiger partial charge in [-0.25, -0.2) is 0 Å².